The number of nitrogens with zero attached hydrogens (tertiary/aromatic N) is 2. The van der Waals surface area contributed by atoms with Crippen molar-refractivity contribution in [3.05, 3.63) is 30.3 Å². The highest BCUT2D eigenvalue weighted by molar-refractivity contribution is 7.99. The summed E-state index contributed by atoms with van der Waals surface area (Å²) in [7, 11) is 3.63. The Morgan fingerprint density at radius 2 is 1.95 bits per heavy atom. The first-order chi connectivity index (χ1) is 10.7. The zero-order valence-corrected chi connectivity index (χ0v) is 14.4. The Morgan fingerprint density at radius 1 is 1.27 bits per heavy atom. The van der Waals surface area contributed by atoms with Crippen molar-refractivity contribution in [2.24, 2.45) is 0 Å². The Bertz CT molecular complexity index is 444. The van der Waals surface area contributed by atoms with Crippen LogP contribution in [0.25, 0.3) is 0 Å². The predicted octanol–water partition coefficient (Wildman–Crippen LogP) is 2.90. The first-order valence-corrected chi connectivity index (χ1v) is 9.03. The van der Waals surface area contributed by atoms with Crippen molar-refractivity contribution in [2.75, 3.05) is 39.5 Å². The van der Waals surface area contributed by atoms with E-state index in [0.29, 0.717) is 6.04 Å². The molecule has 0 unspecified atom stereocenters. The summed E-state index contributed by atoms with van der Waals surface area (Å²) in [4.78, 5) is 16.8. The molecule has 1 aromatic rings. The molecule has 2 amide bonds. The number of piperidine rings is 1. The molecule has 0 radical (unpaired) electrons. The molecule has 1 N–H and O–H groups in total. The van der Waals surface area contributed by atoms with Gasteiger partial charge in [-0.05, 0) is 43.7 Å². The van der Waals surface area contributed by atoms with Gasteiger partial charge in [0, 0.05) is 38.1 Å². The average Bonchev–Trinajstić information content (AvgIpc) is 2.55. The summed E-state index contributed by atoms with van der Waals surface area (Å²) < 4.78 is 0. The van der Waals surface area contributed by atoms with Crippen LogP contribution in [0.4, 0.5) is 4.79 Å². The molecule has 22 heavy (non-hydrogen) atoms. The predicted molar refractivity (Wildman–Crippen MR) is 93.5 cm³/mol. The van der Waals surface area contributed by atoms with Crippen LogP contribution in [0.2, 0.25) is 0 Å². The van der Waals surface area contributed by atoms with Gasteiger partial charge in [-0.3, -0.25) is 0 Å². The average molecular weight is 321 g/mol. The highest BCUT2D eigenvalue weighted by Gasteiger charge is 2.22. The number of rotatable bonds is 6. The van der Waals surface area contributed by atoms with E-state index >= 15 is 0 Å². The third-order valence-corrected chi connectivity index (χ3v) is 5.01. The van der Waals surface area contributed by atoms with Crippen molar-refractivity contribution in [1.82, 2.24) is 15.1 Å². The molecule has 5 heteroatoms. The molecule has 0 saturated carbocycles. The molecule has 1 aliphatic heterocycles. The van der Waals surface area contributed by atoms with E-state index in [2.05, 4.69) is 35.6 Å². The fraction of sp³-hybridized carbons (Fsp3) is 0.588. The van der Waals surface area contributed by atoms with Gasteiger partial charge >= 0.3 is 6.03 Å². The Balaban J connectivity index is 1.55. The number of likely N-dealkylation sites (tertiary alicyclic amines) is 1. The van der Waals surface area contributed by atoms with Crippen LogP contribution in [-0.2, 0) is 0 Å². The van der Waals surface area contributed by atoms with Crippen LogP contribution in [0.15, 0.2) is 35.2 Å². The van der Waals surface area contributed by atoms with Gasteiger partial charge in [-0.1, -0.05) is 18.2 Å². The second-order valence-corrected chi connectivity index (χ2v) is 7.08. The number of urea groups is 1. The number of benzene rings is 1. The fourth-order valence-electron chi connectivity index (χ4n) is 2.64. The third-order valence-electron chi connectivity index (χ3n) is 3.91. The topological polar surface area (TPSA) is 35.6 Å². The molecule has 0 aliphatic carbocycles. The minimum absolute atomic E-state index is 0.137. The summed E-state index contributed by atoms with van der Waals surface area (Å²) >= 11 is 1.92. The van der Waals surface area contributed by atoms with E-state index < -0.39 is 0 Å². The van der Waals surface area contributed by atoms with Gasteiger partial charge in [-0.2, -0.15) is 0 Å². The molecule has 1 aliphatic rings. The molecule has 1 fully saturated rings. The second kappa shape index (κ2) is 9.06. The molecule has 4 nitrogen and oxygen atoms in total. The minimum Gasteiger partial charge on any atom is -0.331 e. The van der Waals surface area contributed by atoms with Crippen LogP contribution in [0, 0.1) is 0 Å². The molecule has 0 bridgehead atoms. The van der Waals surface area contributed by atoms with E-state index in [1.54, 1.807) is 4.90 Å². The Morgan fingerprint density at radius 3 is 2.59 bits per heavy atom. The highest BCUT2D eigenvalue weighted by Crippen LogP contribution is 2.17. The molecule has 2 rings (SSSR count). The lowest BCUT2D eigenvalue weighted by molar-refractivity contribution is 0.152. The standard InChI is InChI=1S/C17H27N3OS/c1-19(2)17(21)20-12-9-15(10-13-20)18-11-6-14-22-16-7-4-3-5-8-16/h3-5,7-8,15,18H,6,9-14H2,1-2H3. The van der Waals surface area contributed by atoms with Crippen LogP contribution in [0.1, 0.15) is 19.3 Å². The van der Waals surface area contributed by atoms with Crippen molar-refractivity contribution in [1.29, 1.82) is 0 Å². The summed E-state index contributed by atoms with van der Waals surface area (Å²) in [6, 6.07) is 11.3. The SMILES string of the molecule is CN(C)C(=O)N1CCC(NCCCSc2ccccc2)CC1. The summed E-state index contributed by atoms with van der Waals surface area (Å²) in [6.07, 6.45) is 3.30. The Kier molecular flexibility index (Phi) is 7.06. The van der Waals surface area contributed by atoms with Crippen LogP contribution >= 0.6 is 11.8 Å². The van der Waals surface area contributed by atoms with Gasteiger partial charge in [0.05, 0.1) is 0 Å². The molecule has 1 aromatic carbocycles. The normalized spacial score (nSPS) is 15.8. The molecular weight excluding hydrogens is 294 g/mol. The molecule has 122 valence electrons. The summed E-state index contributed by atoms with van der Waals surface area (Å²) in [5.74, 6) is 1.15. The molecule has 1 saturated heterocycles. The largest absolute Gasteiger partial charge is 0.331 e. The maximum Gasteiger partial charge on any atom is 0.319 e. The zero-order chi connectivity index (χ0) is 15.8. The molecule has 0 atom stereocenters. The molecule has 0 spiro atoms. The van der Waals surface area contributed by atoms with Gasteiger partial charge in [-0.25, -0.2) is 4.79 Å². The Hall–Kier alpha value is -1.20. The number of carbonyl (C=O) groups excluding carboxylic acids is 1. The minimum atomic E-state index is 0.137. The third kappa shape index (κ3) is 5.54. The lowest BCUT2D eigenvalue weighted by atomic mass is 10.1. The van der Waals surface area contributed by atoms with Crippen molar-refractivity contribution in [3.8, 4) is 0 Å². The molecule has 1 heterocycles. The van der Waals surface area contributed by atoms with Crippen molar-refractivity contribution in [2.45, 2.75) is 30.2 Å². The van der Waals surface area contributed by atoms with Crippen LogP contribution < -0.4 is 5.32 Å². The maximum atomic E-state index is 11.9. The number of hydrogen-bond acceptors (Lipinski definition) is 3. The number of hydrogen-bond donors (Lipinski definition) is 1. The van der Waals surface area contributed by atoms with Gasteiger partial charge in [0.25, 0.3) is 0 Å². The van der Waals surface area contributed by atoms with Gasteiger partial charge in [-0.15, -0.1) is 11.8 Å². The van der Waals surface area contributed by atoms with E-state index in [9.17, 15) is 4.79 Å². The van der Waals surface area contributed by atoms with Crippen molar-refractivity contribution >= 4 is 17.8 Å². The summed E-state index contributed by atoms with van der Waals surface area (Å²) in [5, 5.41) is 3.63. The zero-order valence-electron chi connectivity index (χ0n) is 13.6. The van der Waals surface area contributed by atoms with Gasteiger partial charge < -0.3 is 15.1 Å². The fourth-order valence-corrected chi connectivity index (χ4v) is 3.52. The molecule has 0 aromatic heterocycles. The van der Waals surface area contributed by atoms with Crippen LogP contribution in [0.5, 0.6) is 0 Å². The summed E-state index contributed by atoms with van der Waals surface area (Å²) in [5.41, 5.74) is 0. The Labute approximate surface area is 138 Å². The summed E-state index contributed by atoms with van der Waals surface area (Å²) in [6.45, 7) is 2.80. The second-order valence-electron chi connectivity index (χ2n) is 5.91. The van der Waals surface area contributed by atoms with Gasteiger partial charge in [0.15, 0.2) is 0 Å². The van der Waals surface area contributed by atoms with Crippen molar-refractivity contribution in [3.63, 3.8) is 0 Å². The van der Waals surface area contributed by atoms with Crippen molar-refractivity contribution < 1.29 is 4.79 Å². The monoisotopic (exact) mass is 321 g/mol. The van der Waals surface area contributed by atoms with E-state index in [4.69, 9.17) is 0 Å². The van der Waals surface area contributed by atoms with E-state index in [-0.39, 0.29) is 6.03 Å². The number of nitrogens with one attached hydrogen (secondary N) is 1. The number of amides is 2. The quantitative estimate of drug-likeness (QED) is 0.646. The van der Waals surface area contributed by atoms with Crippen LogP contribution in [0.3, 0.4) is 0 Å². The van der Waals surface area contributed by atoms with E-state index in [1.165, 1.54) is 11.3 Å². The van der Waals surface area contributed by atoms with E-state index in [1.807, 2.05) is 30.8 Å². The van der Waals surface area contributed by atoms with E-state index in [0.717, 1.165) is 38.2 Å². The maximum absolute atomic E-state index is 11.9. The first-order valence-electron chi connectivity index (χ1n) is 8.04. The number of thioether (sulfide) groups is 1. The van der Waals surface area contributed by atoms with Gasteiger partial charge in [0.2, 0.25) is 0 Å². The number of carbonyl (C=O) groups is 1. The smallest absolute Gasteiger partial charge is 0.319 e. The lowest BCUT2D eigenvalue weighted by Gasteiger charge is -2.34. The van der Waals surface area contributed by atoms with Gasteiger partial charge in [0.1, 0.15) is 0 Å². The first kappa shape index (κ1) is 17.2. The van der Waals surface area contributed by atoms with Crippen LogP contribution in [-0.4, -0.2) is 61.4 Å². The molecular formula is C17H27N3OS. The lowest BCUT2D eigenvalue weighted by Crippen LogP contribution is -2.48. The highest BCUT2D eigenvalue weighted by atomic mass is 32.2.